The van der Waals surface area contributed by atoms with Crippen molar-refractivity contribution < 1.29 is 14.3 Å². The zero-order valence-electron chi connectivity index (χ0n) is 17.5. The van der Waals surface area contributed by atoms with Crippen LogP contribution in [-0.2, 0) is 9.53 Å². The van der Waals surface area contributed by atoms with E-state index >= 15 is 0 Å². The molecule has 6 nitrogen and oxygen atoms in total. The van der Waals surface area contributed by atoms with E-state index in [9.17, 15) is 9.59 Å². The molecule has 3 N–H and O–H groups in total. The highest BCUT2D eigenvalue weighted by Gasteiger charge is 2.54. The van der Waals surface area contributed by atoms with Crippen molar-refractivity contribution in [1.82, 2.24) is 10.6 Å². The lowest BCUT2D eigenvalue weighted by molar-refractivity contribution is -0.144. The Kier molecular flexibility index (Phi) is 6.39. The number of methoxy groups -OCH3 is 1. The Morgan fingerprint density at radius 3 is 2.23 bits per heavy atom. The van der Waals surface area contributed by atoms with Crippen molar-refractivity contribution >= 4 is 34.8 Å². The van der Waals surface area contributed by atoms with E-state index in [1.54, 1.807) is 31.4 Å². The maximum absolute atomic E-state index is 13.1. The van der Waals surface area contributed by atoms with Crippen LogP contribution in [0.15, 0.2) is 24.3 Å². The summed E-state index contributed by atoms with van der Waals surface area (Å²) in [5.41, 5.74) is 1.12. The molecule has 4 fully saturated rings. The van der Waals surface area contributed by atoms with E-state index in [0.29, 0.717) is 23.8 Å². The summed E-state index contributed by atoms with van der Waals surface area (Å²) < 4.78 is 4.98. The normalized spacial score (nSPS) is 28.8. The number of carbonyl (C=O) groups excluding carboxylic acids is 2. The summed E-state index contributed by atoms with van der Waals surface area (Å²) >= 11 is 5.40. The van der Waals surface area contributed by atoms with Crippen molar-refractivity contribution in [2.75, 3.05) is 25.6 Å². The van der Waals surface area contributed by atoms with Gasteiger partial charge in [-0.15, -0.1) is 0 Å². The molecule has 0 atom stereocenters. The fourth-order valence-electron chi connectivity index (χ4n) is 6.01. The standard InChI is InChI=1S/C23H31N3O3S/c1-29-8-2-7-24-20(27)18-3-5-19(6-4-18)25-22(30)26-21(28)23-12-15-9-16(13-23)11-17(10-15)14-23/h3-6,15-17H,2,7-14H2,1H3,(H,24,27)(H2,25,26,28,30). The van der Waals surface area contributed by atoms with Crippen LogP contribution in [0.1, 0.15) is 55.3 Å². The van der Waals surface area contributed by atoms with E-state index in [2.05, 4.69) is 16.0 Å². The topological polar surface area (TPSA) is 79.5 Å². The van der Waals surface area contributed by atoms with Gasteiger partial charge >= 0.3 is 0 Å². The molecule has 5 rings (SSSR count). The summed E-state index contributed by atoms with van der Waals surface area (Å²) in [7, 11) is 1.64. The predicted molar refractivity (Wildman–Crippen MR) is 120 cm³/mol. The zero-order valence-corrected chi connectivity index (χ0v) is 18.4. The van der Waals surface area contributed by atoms with E-state index in [0.717, 1.165) is 49.1 Å². The average molecular weight is 430 g/mol. The molecule has 4 aliphatic rings. The predicted octanol–water partition coefficient (Wildman–Crippen LogP) is 3.48. The molecule has 30 heavy (non-hydrogen) atoms. The van der Waals surface area contributed by atoms with Gasteiger partial charge in [0.1, 0.15) is 0 Å². The minimum Gasteiger partial charge on any atom is -0.385 e. The highest BCUT2D eigenvalue weighted by Crippen LogP contribution is 2.60. The van der Waals surface area contributed by atoms with Crippen LogP contribution in [0.4, 0.5) is 5.69 Å². The summed E-state index contributed by atoms with van der Waals surface area (Å²) in [6.45, 7) is 1.20. The number of hydrogen-bond acceptors (Lipinski definition) is 4. The second kappa shape index (κ2) is 9.02. The van der Waals surface area contributed by atoms with Gasteiger partial charge in [0, 0.05) is 31.5 Å². The largest absolute Gasteiger partial charge is 0.385 e. The molecule has 162 valence electrons. The Balaban J connectivity index is 1.28. The van der Waals surface area contributed by atoms with Crippen LogP contribution >= 0.6 is 12.2 Å². The summed E-state index contributed by atoms with van der Waals surface area (Å²) in [6, 6.07) is 7.09. The minimum atomic E-state index is -0.217. The molecule has 0 unspecified atom stereocenters. The molecule has 0 aromatic heterocycles. The maximum Gasteiger partial charge on any atom is 0.251 e. The van der Waals surface area contributed by atoms with E-state index in [1.165, 1.54) is 19.3 Å². The van der Waals surface area contributed by atoms with Crippen LogP contribution in [0.5, 0.6) is 0 Å². The van der Waals surface area contributed by atoms with E-state index in [-0.39, 0.29) is 17.2 Å². The van der Waals surface area contributed by atoms with E-state index < -0.39 is 0 Å². The fourth-order valence-corrected chi connectivity index (χ4v) is 6.22. The highest BCUT2D eigenvalue weighted by atomic mass is 32.1. The first kappa shape index (κ1) is 21.2. The van der Waals surface area contributed by atoms with Crippen molar-refractivity contribution in [3.63, 3.8) is 0 Å². The third-order valence-electron chi connectivity index (χ3n) is 6.96. The molecule has 4 bridgehead atoms. The third-order valence-corrected chi connectivity index (χ3v) is 7.17. The first-order valence-electron chi connectivity index (χ1n) is 11.0. The monoisotopic (exact) mass is 429 g/mol. The van der Waals surface area contributed by atoms with Crippen LogP contribution in [0.2, 0.25) is 0 Å². The zero-order chi connectivity index (χ0) is 21.1. The van der Waals surface area contributed by atoms with Gasteiger partial charge in [-0.05, 0) is 99.2 Å². The number of amides is 2. The van der Waals surface area contributed by atoms with Gasteiger partial charge in [0.2, 0.25) is 5.91 Å². The number of ether oxygens (including phenoxy) is 1. The molecule has 1 aromatic carbocycles. The minimum absolute atomic E-state index is 0.0890. The van der Waals surface area contributed by atoms with Gasteiger partial charge in [-0.3, -0.25) is 9.59 Å². The Labute approximate surface area is 183 Å². The van der Waals surface area contributed by atoms with Crippen LogP contribution in [0, 0.1) is 23.2 Å². The van der Waals surface area contributed by atoms with Gasteiger partial charge < -0.3 is 20.7 Å². The van der Waals surface area contributed by atoms with Crippen molar-refractivity contribution in [2.45, 2.75) is 44.9 Å². The summed E-state index contributed by atoms with van der Waals surface area (Å²) in [4.78, 5) is 25.2. The van der Waals surface area contributed by atoms with Crippen molar-refractivity contribution in [2.24, 2.45) is 23.2 Å². The lowest BCUT2D eigenvalue weighted by Gasteiger charge is -2.55. The van der Waals surface area contributed by atoms with Crippen LogP contribution < -0.4 is 16.0 Å². The molecular weight excluding hydrogens is 398 g/mol. The first-order valence-corrected chi connectivity index (χ1v) is 11.4. The maximum atomic E-state index is 13.1. The fraction of sp³-hybridized carbons (Fsp3) is 0.609. The number of rotatable bonds is 7. The Morgan fingerprint density at radius 1 is 1.07 bits per heavy atom. The molecule has 4 aliphatic carbocycles. The quantitative estimate of drug-likeness (QED) is 0.457. The molecular formula is C23H31N3O3S. The van der Waals surface area contributed by atoms with Crippen LogP contribution in [-0.4, -0.2) is 37.2 Å². The van der Waals surface area contributed by atoms with Gasteiger partial charge in [-0.25, -0.2) is 0 Å². The molecule has 0 aliphatic heterocycles. The smallest absolute Gasteiger partial charge is 0.251 e. The molecule has 4 saturated carbocycles. The molecule has 0 radical (unpaired) electrons. The van der Waals surface area contributed by atoms with Crippen LogP contribution in [0.3, 0.4) is 0 Å². The van der Waals surface area contributed by atoms with E-state index in [1.807, 2.05) is 0 Å². The van der Waals surface area contributed by atoms with Crippen molar-refractivity contribution in [3.05, 3.63) is 29.8 Å². The molecule has 0 heterocycles. The van der Waals surface area contributed by atoms with E-state index in [4.69, 9.17) is 17.0 Å². The lowest BCUT2D eigenvalue weighted by atomic mass is 9.49. The Morgan fingerprint density at radius 2 is 1.67 bits per heavy atom. The number of anilines is 1. The van der Waals surface area contributed by atoms with Gasteiger partial charge in [0.05, 0.1) is 5.41 Å². The average Bonchev–Trinajstić information content (AvgIpc) is 2.70. The number of hydrogen-bond donors (Lipinski definition) is 3. The lowest BCUT2D eigenvalue weighted by Crippen LogP contribution is -2.55. The number of carbonyl (C=O) groups is 2. The van der Waals surface area contributed by atoms with Gasteiger partial charge in [0.25, 0.3) is 5.91 Å². The number of benzene rings is 1. The Bertz CT molecular complexity index is 773. The van der Waals surface area contributed by atoms with Crippen LogP contribution in [0.25, 0.3) is 0 Å². The van der Waals surface area contributed by atoms with Gasteiger partial charge in [-0.1, -0.05) is 0 Å². The van der Waals surface area contributed by atoms with Gasteiger partial charge in [-0.2, -0.15) is 0 Å². The number of thiocarbonyl (C=S) groups is 1. The SMILES string of the molecule is COCCCNC(=O)c1ccc(NC(=S)NC(=O)C23CC4CC(CC(C4)C2)C3)cc1. The Hall–Kier alpha value is -1.99. The van der Waals surface area contributed by atoms with Gasteiger partial charge in [0.15, 0.2) is 5.11 Å². The van der Waals surface area contributed by atoms with Crippen molar-refractivity contribution in [3.8, 4) is 0 Å². The number of nitrogens with one attached hydrogen (secondary N) is 3. The third kappa shape index (κ3) is 4.67. The highest BCUT2D eigenvalue weighted by molar-refractivity contribution is 7.80. The molecule has 0 saturated heterocycles. The summed E-state index contributed by atoms with van der Waals surface area (Å²) in [5.74, 6) is 2.13. The second-order valence-electron chi connectivity index (χ2n) is 9.29. The molecule has 7 heteroatoms. The molecule has 1 aromatic rings. The molecule has 2 amide bonds. The second-order valence-corrected chi connectivity index (χ2v) is 9.69. The molecule has 0 spiro atoms. The summed E-state index contributed by atoms with van der Waals surface area (Å²) in [6.07, 6.45) is 7.75. The summed E-state index contributed by atoms with van der Waals surface area (Å²) in [5, 5.41) is 9.22. The first-order chi connectivity index (χ1) is 14.5. The van der Waals surface area contributed by atoms with Crippen molar-refractivity contribution in [1.29, 1.82) is 0 Å².